The van der Waals surface area contributed by atoms with E-state index >= 15 is 0 Å². The second kappa shape index (κ2) is 3.93. The van der Waals surface area contributed by atoms with Crippen LogP contribution in [0.5, 0.6) is 0 Å². The molecule has 0 spiro atoms. The van der Waals surface area contributed by atoms with E-state index in [2.05, 4.69) is 5.32 Å². The Morgan fingerprint density at radius 3 is 2.93 bits per heavy atom. The number of anilines is 1. The van der Waals surface area contributed by atoms with Gasteiger partial charge in [0.1, 0.15) is 0 Å². The van der Waals surface area contributed by atoms with Gasteiger partial charge in [0.05, 0.1) is 5.56 Å². The molecule has 0 heterocycles. The van der Waals surface area contributed by atoms with Crippen molar-refractivity contribution in [3.8, 4) is 0 Å². The zero-order chi connectivity index (χ0) is 10.8. The fourth-order valence-corrected chi connectivity index (χ4v) is 1.53. The fourth-order valence-electron chi connectivity index (χ4n) is 1.53. The predicted molar refractivity (Wildman–Crippen MR) is 60.6 cm³/mol. The van der Waals surface area contributed by atoms with E-state index in [-0.39, 0.29) is 5.91 Å². The molecule has 1 aliphatic carbocycles. The number of nitrogens with two attached hydrogens (primary N) is 1. The second-order valence-corrected chi connectivity index (χ2v) is 4.19. The van der Waals surface area contributed by atoms with Crippen molar-refractivity contribution in [3.05, 3.63) is 29.3 Å². The summed E-state index contributed by atoms with van der Waals surface area (Å²) in [5, 5.41) is 2.91. The number of hydrogen-bond acceptors (Lipinski definition) is 2. The molecule has 0 atom stereocenters. The van der Waals surface area contributed by atoms with E-state index < -0.39 is 0 Å². The topological polar surface area (TPSA) is 55.1 Å². The Kier molecular flexibility index (Phi) is 2.62. The summed E-state index contributed by atoms with van der Waals surface area (Å²) in [4.78, 5) is 11.8. The van der Waals surface area contributed by atoms with Crippen LogP contribution >= 0.6 is 0 Å². The molecule has 3 nitrogen and oxygen atoms in total. The van der Waals surface area contributed by atoms with Crippen molar-refractivity contribution in [1.29, 1.82) is 0 Å². The molecule has 0 aliphatic heterocycles. The van der Waals surface area contributed by atoms with Crippen molar-refractivity contribution >= 4 is 11.6 Å². The first-order valence-corrected chi connectivity index (χ1v) is 5.32. The molecule has 1 fully saturated rings. The van der Waals surface area contributed by atoms with Gasteiger partial charge in [0, 0.05) is 12.2 Å². The van der Waals surface area contributed by atoms with E-state index in [1.54, 1.807) is 6.07 Å². The number of para-hydroxylation sites is 1. The highest BCUT2D eigenvalue weighted by Gasteiger charge is 2.22. The lowest BCUT2D eigenvalue weighted by atomic mass is 10.1. The Labute approximate surface area is 89.7 Å². The molecule has 1 saturated carbocycles. The molecular formula is C12H16N2O. The average molecular weight is 204 g/mol. The van der Waals surface area contributed by atoms with Crippen LogP contribution in [0.15, 0.2) is 18.2 Å². The summed E-state index contributed by atoms with van der Waals surface area (Å²) in [6, 6.07) is 5.54. The lowest BCUT2D eigenvalue weighted by Gasteiger charge is -2.08. The van der Waals surface area contributed by atoms with Gasteiger partial charge in [-0.25, -0.2) is 0 Å². The highest BCUT2D eigenvalue weighted by Crippen LogP contribution is 2.27. The van der Waals surface area contributed by atoms with Gasteiger partial charge in [0.15, 0.2) is 0 Å². The monoisotopic (exact) mass is 204 g/mol. The number of nitrogen functional groups attached to an aromatic ring is 1. The molecule has 0 aromatic heterocycles. The number of carbonyl (C=O) groups excluding carboxylic acids is 1. The van der Waals surface area contributed by atoms with Crippen LogP contribution in [0.1, 0.15) is 28.8 Å². The van der Waals surface area contributed by atoms with Crippen LogP contribution in [0, 0.1) is 12.8 Å². The Hall–Kier alpha value is -1.51. The molecule has 1 aliphatic rings. The van der Waals surface area contributed by atoms with Gasteiger partial charge >= 0.3 is 0 Å². The van der Waals surface area contributed by atoms with E-state index in [9.17, 15) is 4.79 Å². The predicted octanol–water partition coefficient (Wildman–Crippen LogP) is 1.72. The molecule has 3 N–H and O–H groups in total. The third kappa shape index (κ3) is 2.29. The molecule has 0 bridgehead atoms. The first-order valence-electron chi connectivity index (χ1n) is 5.32. The van der Waals surface area contributed by atoms with Crippen LogP contribution in [0.3, 0.4) is 0 Å². The minimum absolute atomic E-state index is 0.0527. The maximum atomic E-state index is 11.8. The number of amides is 1. The van der Waals surface area contributed by atoms with Gasteiger partial charge in [-0.2, -0.15) is 0 Å². The lowest BCUT2D eigenvalue weighted by molar-refractivity contribution is 0.0952. The SMILES string of the molecule is Cc1cccc(C(=O)NCC2CC2)c1N. The number of carbonyl (C=O) groups is 1. The Morgan fingerprint density at radius 1 is 1.53 bits per heavy atom. The number of nitrogens with one attached hydrogen (secondary N) is 1. The minimum Gasteiger partial charge on any atom is -0.398 e. The first-order chi connectivity index (χ1) is 7.18. The number of benzene rings is 1. The number of aryl methyl sites for hydroxylation is 1. The van der Waals surface area contributed by atoms with Gasteiger partial charge in [0.2, 0.25) is 0 Å². The van der Waals surface area contributed by atoms with Crippen LogP contribution in [0.25, 0.3) is 0 Å². The van der Waals surface area contributed by atoms with Crippen molar-refractivity contribution in [2.75, 3.05) is 12.3 Å². The smallest absolute Gasteiger partial charge is 0.253 e. The van der Waals surface area contributed by atoms with E-state index in [0.29, 0.717) is 17.2 Å². The van der Waals surface area contributed by atoms with E-state index in [0.717, 1.165) is 12.1 Å². The molecular weight excluding hydrogens is 188 g/mol. The highest BCUT2D eigenvalue weighted by atomic mass is 16.1. The second-order valence-electron chi connectivity index (χ2n) is 4.19. The fraction of sp³-hybridized carbons (Fsp3) is 0.417. The number of rotatable bonds is 3. The maximum Gasteiger partial charge on any atom is 0.253 e. The van der Waals surface area contributed by atoms with Gasteiger partial charge in [-0.05, 0) is 37.3 Å². The van der Waals surface area contributed by atoms with E-state index in [1.807, 2.05) is 19.1 Å². The summed E-state index contributed by atoms with van der Waals surface area (Å²) >= 11 is 0. The quantitative estimate of drug-likeness (QED) is 0.736. The lowest BCUT2D eigenvalue weighted by Crippen LogP contribution is -2.26. The zero-order valence-corrected chi connectivity index (χ0v) is 8.92. The molecule has 15 heavy (non-hydrogen) atoms. The molecule has 3 heteroatoms. The van der Waals surface area contributed by atoms with Crippen molar-refractivity contribution in [2.24, 2.45) is 5.92 Å². The summed E-state index contributed by atoms with van der Waals surface area (Å²) in [6.45, 7) is 2.69. The van der Waals surface area contributed by atoms with Gasteiger partial charge in [-0.15, -0.1) is 0 Å². The van der Waals surface area contributed by atoms with Crippen molar-refractivity contribution in [2.45, 2.75) is 19.8 Å². The van der Waals surface area contributed by atoms with E-state index in [1.165, 1.54) is 12.8 Å². The van der Waals surface area contributed by atoms with Gasteiger partial charge in [-0.1, -0.05) is 12.1 Å². The molecule has 1 aromatic rings. The minimum atomic E-state index is -0.0527. The van der Waals surface area contributed by atoms with Crippen molar-refractivity contribution < 1.29 is 4.79 Å². The van der Waals surface area contributed by atoms with Crippen LogP contribution in [0.2, 0.25) is 0 Å². The van der Waals surface area contributed by atoms with Crippen molar-refractivity contribution in [1.82, 2.24) is 5.32 Å². The molecule has 0 saturated heterocycles. The van der Waals surface area contributed by atoms with Crippen LogP contribution in [-0.4, -0.2) is 12.5 Å². The molecule has 0 unspecified atom stereocenters. The highest BCUT2D eigenvalue weighted by molar-refractivity contribution is 5.99. The normalized spacial score (nSPS) is 15.0. The van der Waals surface area contributed by atoms with Crippen molar-refractivity contribution in [3.63, 3.8) is 0 Å². The molecule has 1 amide bonds. The summed E-state index contributed by atoms with van der Waals surface area (Å²) in [5.74, 6) is 0.642. The summed E-state index contributed by atoms with van der Waals surface area (Å²) in [7, 11) is 0. The summed E-state index contributed by atoms with van der Waals surface area (Å²) in [5.41, 5.74) is 7.98. The molecule has 0 radical (unpaired) electrons. The Bertz CT molecular complexity index is 383. The Balaban J connectivity index is 2.06. The first kappa shape index (κ1) is 10.0. The van der Waals surface area contributed by atoms with Gasteiger partial charge in [0.25, 0.3) is 5.91 Å². The van der Waals surface area contributed by atoms with Gasteiger partial charge < -0.3 is 11.1 Å². The summed E-state index contributed by atoms with van der Waals surface area (Å²) in [6.07, 6.45) is 2.48. The van der Waals surface area contributed by atoms with Crippen LogP contribution in [-0.2, 0) is 0 Å². The third-order valence-corrected chi connectivity index (χ3v) is 2.82. The maximum absolute atomic E-state index is 11.8. The van der Waals surface area contributed by atoms with Crippen LogP contribution < -0.4 is 11.1 Å². The van der Waals surface area contributed by atoms with Gasteiger partial charge in [-0.3, -0.25) is 4.79 Å². The molecule has 80 valence electrons. The molecule has 2 rings (SSSR count). The Morgan fingerprint density at radius 2 is 2.27 bits per heavy atom. The average Bonchev–Trinajstić information content (AvgIpc) is 3.02. The number of hydrogen-bond donors (Lipinski definition) is 2. The van der Waals surface area contributed by atoms with E-state index in [4.69, 9.17) is 5.73 Å². The van der Waals surface area contributed by atoms with Crippen LogP contribution in [0.4, 0.5) is 5.69 Å². The standard InChI is InChI=1S/C12H16N2O/c1-8-3-2-4-10(11(8)13)12(15)14-7-9-5-6-9/h2-4,9H,5-7,13H2,1H3,(H,14,15). The zero-order valence-electron chi connectivity index (χ0n) is 8.92. The third-order valence-electron chi connectivity index (χ3n) is 2.82. The molecule has 1 aromatic carbocycles. The largest absolute Gasteiger partial charge is 0.398 e. The summed E-state index contributed by atoms with van der Waals surface area (Å²) < 4.78 is 0.